The SMILES string of the molecule is CC(Sc1nc2sc3c(c2c(=O)[nH]1)CCCC3)C(N)=O. The van der Waals surface area contributed by atoms with Gasteiger partial charge < -0.3 is 10.7 Å². The highest BCUT2D eigenvalue weighted by molar-refractivity contribution is 8.00. The average Bonchev–Trinajstić information content (AvgIpc) is 2.76. The highest BCUT2D eigenvalue weighted by atomic mass is 32.2. The van der Waals surface area contributed by atoms with Crippen LogP contribution < -0.4 is 11.3 Å². The molecule has 0 aromatic carbocycles. The van der Waals surface area contributed by atoms with Crippen LogP contribution in [0.2, 0.25) is 0 Å². The van der Waals surface area contributed by atoms with Gasteiger partial charge in [-0.1, -0.05) is 11.8 Å². The molecular formula is C13H15N3O2S2. The van der Waals surface area contributed by atoms with Gasteiger partial charge in [-0.25, -0.2) is 4.98 Å². The number of nitrogens with one attached hydrogen (secondary N) is 1. The minimum Gasteiger partial charge on any atom is -0.369 e. The Morgan fingerprint density at radius 3 is 2.95 bits per heavy atom. The summed E-state index contributed by atoms with van der Waals surface area (Å²) >= 11 is 2.79. The van der Waals surface area contributed by atoms with Crippen LogP contribution in [0.4, 0.5) is 0 Å². The lowest BCUT2D eigenvalue weighted by Gasteiger charge is -2.09. The van der Waals surface area contributed by atoms with Crippen molar-refractivity contribution in [1.82, 2.24) is 9.97 Å². The van der Waals surface area contributed by atoms with Crippen molar-refractivity contribution in [1.29, 1.82) is 0 Å². The highest BCUT2D eigenvalue weighted by Gasteiger charge is 2.20. The van der Waals surface area contributed by atoms with Gasteiger partial charge in [-0.15, -0.1) is 11.3 Å². The van der Waals surface area contributed by atoms with E-state index in [4.69, 9.17) is 5.73 Å². The van der Waals surface area contributed by atoms with E-state index in [0.717, 1.165) is 29.5 Å². The second-order valence-electron chi connectivity index (χ2n) is 4.92. The van der Waals surface area contributed by atoms with Gasteiger partial charge in [-0.3, -0.25) is 9.59 Å². The first-order valence-electron chi connectivity index (χ1n) is 6.57. The molecule has 0 radical (unpaired) electrons. The van der Waals surface area contributed by atoms with Crippen LogP contribution >= 0.6 is 23.1 Å². The number of fused-ring (bicyclic) bond motifs is 3. The summed E-state index contributed by atoms with van der Waals surface area (Å²) in [7, 11) is 0. The molecule has 2 aromatic heterocycles. The third-order valence-electron chi connectivity index (χ3n) is 3.49. The van der Waals surface area contributed by atoms with Crippen molar-refractivity contribution in [3.63, 3.8) is 0 Å². The van der Waals surface area contributed by atoms with Gasteiger partial charge in [0.05, 0.1) is 10.6 Å². The van der Waals surface area contributed by atoms with E-state index in [-0.39, 0.29) is 5.56 Å². The molecule has 5 nitrogen and oxygen atoms in total. The monoisotopic (exact) mass is 309 g/mol. The zero-order valence-corrected chi connectivity index (χ0v) is 12.7. The van der Waals surface area contributed by atoms with Crippen LogP contribution in [0.15, 0.2) is 9.95 Å². The van der Waals surface area contributed by atoms with Crippen molar-refractivity contribution in [2.45, 2.75) is 43.0 Å². The maximum Gasteiger partial charge on any atom is 0.260 e. The molecule has 1 atom stereocenters. The van der Waals surface area contributed by atoms with Crippen LogP contribution in [0.3, 0.4) is 0 Å². The molecule has 3 rings (SSSR count). The molecule has 20 heavy (non-hydrogen) atoms. The minimum absolute atomic E-state index is 0.103. The van der Waals surface area contributed by atoms with Gasteiger partial charge in [0.2, 0.25) is 5.91 Å². The number of amides is 1. The lowest BCUT2D eigenvalue weighted by atomic mass is 9.97. The maximum atomic E-state index is 12.3. The first-order valence-corrected chi connectivity index (χ1v) is 8.26. The van der Waals surface area contributed by atoms with Gasteiger partial charge in [0.1, 0.15) is 4.83 Å². The van der Waals surface area contributed by atoms with Crippen molar-refractivity contribution in [3.8, 4) is 0 Å². The van der Waals surface area contributed by atoms with Gasteiger partial charge in [-0.05, 0) is 38.2 Å². The van der Waals surface area contributed by atoms with Crippen LogP contribution in [0, 0.1) is 0 Å². The Bertz CT molecular complexity index is 735. The van der Waals surface area contributed by atoms with Crippen LogP contribution in [-0.2, 0) is 17.6 Å². The number of aryl methyl sites for hydroxylation is 2. The predicted molar refractivity (Wildman–Crippen MR) is 81.4 cm³/mol. The molecule has 1 unspecified atom stereocenters. The Labute approximate surface area is 124 Å². The summed E-state index contributed by atoms with van der Waals surface area (Å²) in [5.41, 5.74) is 6.30. The number of H-pyrrole nitrogens is 1. The van der Waals surface area contributed by atoms with Crippen molar-refractivity contribution in [2.24, 2.45) is 5.73 Å². The molecular weight excluding hydrogens is 294 g/mol. The molecule has 1 aliphatic carbocycles. The van der Waals surface area contributed by atoms with Crippen molar-refractivity contribution < 1.29 is 4.79 Å². The van der Waals surface area contributed by atoms with E-state index >= 15 is 0 Å². The smallest absolute Gasteiger partial charge is 0.260 e. The third kappa shape index (κ3) is 2.35. The van der Waals surface area contributed by atoms with Crippen molar-refractivity contribution in [3.05, 3.63) is 20.8 Å². The topological polar surface area (TPSA) is 88.8 Å². The molecule has 7 heteroatoms. The predicted octanol–water partition coefficient (Wildman–Crippen LogP) is 1.83. The molecule has 0 aliphatic heterocycles. The van der Waals surface area contributed by atoms with Gasteiger partial charge in [0.25, 0.3) is 5.56 Å². The van der Waals surface area contributed by atoms with Gasteiger partial charge in [0.15, 0.2) is 5.16 Å². The minimum atomic E-state index is -0.414. The molecule has 2 aromatic rings. The zero-order chi connectivity index (χ0) is 14.3. The molecule has 0 fully saturated rings. The van der Waals surface area contributed by atoms with E-state index in [1.54, 1.807) is 18.3 Å². The lowest BCUT2D eigenvalue weighted by molar-refractivity contribution is -0.117. The van der Waals surface area contributed by atoms with E-state index in [1.165, 1.54) is 28.6 Å². The summed E-state index contributed by atoms with van der Waals surface area (Å²) in [6, 6.07) is 0. The maximum absolute atomic E-state index is 12.3. The molecule has 0 saturated carbocycles. The highest BCUT2D eigenvalue weighted by Crippen LogP contribution is 2.34. The van der Waals surface area contributed by atoms with Crippen LogP contribution in [-0.4, -0.2) is 21.1 Å². The fourth-order valence-electron chi connectivity index (χ4n) is 2.43. The fraction of sp³-hybridized carbons (Fsp3) is 0.462. The van der Waals surface area contributed by atoms with Crippen molar-refractivity contribution >= 4 is 39.2 Å². The Kier molecular flexibility index (Phi) is 3.55. The molecule has 106 valence electrons. The summed E-state index contributed by atoms with van der Waals surface area (Å²) in [5, 5.41) is 0.790. The normalized spacial score (nSPS) is 16.1. The quantitative estimate of drug-likeness (QED) is 0.668. The summed E-state index contributed by atoms with van der Waals surface area (Å²) < 4.78 is 0. The first-order chi connectivity index (χ1) is 9.56. The number of primary amides is 1. The second-order valence-corrected chi connectivity index (χ2v) is 7.34. The van der Waals surface area contributed by atoms with E-state index in [1.807, 2.05) is 0 Å². The number of carbonyl (C=O) groups excluding carboxylic acids is 1. The largest absolute Gasteiger partial charge is 0.369 e. The number of thiophene rings is 1. The van der Waals surface area contributed by atoms with Crippen LogP contribution in [0.5, 0.6) is 0 Å². The van der Waals surface area contributed by atoms with Crippen molar-refractivity contribution in [2.75, 3.05) is 0 Å². The van der Waals surface area contributed by atoms with Gasteiger partial charge in [0, 0.05) is 4.88 Å². The van der Waals surface area contributed by atoms with E-state index < -0.39 is 11.2 Å². The number of aromatic nitrogens is 2. The summed E-state index contributed by atoms with van der Waals surface area (Å²) in [6.07, 6.45) is 4.31. The number of nitrogens with two attached hydrogens (primary N) is 1. The number of aromatic amines is 1. The lowest BCUT2D eigenvalue weighted by Crippen LogP contribution is -2.23. The molecule has 1 aliphatic rings. The number of carbonyl (C=O) groups is 1. The fourth-order valence-corrected chi connectivity index (χ4v) is 4.49. The molecule has 2 heterocycles. The summed E-state index contributed by atoms with van der Waals surface area (Å²) in [5.74, 6) is -0.414. The summed E-state index contributed by atoms with van der Waals surface area (Å²) in [4.78, 5) is 32.7. The number of hydrogen-bond acceptors (Lipinski definition) is 5. The summed E-state index contributed by atoms with van der Waals surface area (Å²) in [6.45, 7) is 1.70. The number of hydrogen-bond donors (Lipinski definition) is 2. The molecule has 0 bridgehead atoms. The first kappa shape index (κ1) is 13.6. The van der Waals surface area contributed by atoms with Crippen LogP contribution in [0.25, 0.3) is 10.2 Å². The standard InChI is InChI=1S/C13H15N3O2S2/c1-6(10(14)17)19-13-15-11(18)9-7-4-2-3-5-8(7)20-12(9)16-13/h6H,2-5H2,1H3,(H2,14,17)(H,15,16,18). The average molecular weight is 309 g/mol. The Balaban J connectivity index is 2.06. The van der Waals surface area contributed by atoms with Gasteiger partial charge in [-0.2, -0.15) is 0 Å². The third-order valence-corrected chi connectivity index (χ3v) is 5.68. The van der Waals surface area contributed by atoms with E-state index in [0.29, 0.717) is 5.16 Å². The zero-order valence-electron chi connectivity index (χ0n) is 11.1. The Morgan fingerprint density at radius 1 is 1.45 bits per heavy atom. The van der Waals surface area contributed by atoms with E-state index in [2.05, 4.69) is 9.97 Å². The number of thioether (sulfide) groups is 1. The second kappa shape index (κ2) is 5.21. The van der Waals surface area contributed by atoms with E-state index in [9.17, 15) is 9.59 Å². The number of rotatable bonds is 3. The Morgan fingerprint density at radius 2 is 2.20 bits per heavy atom. The molecule has 0 spiro atoms. The molecule has 0 saturated heterocycles. The van der Waals surface area contributed by atoms with Crippen LogP contribution in [0.1, 0.15) is 30.2 Å². The molecule has 3 N–H and O–H groups in total. The van der Waals surface area contributed by atoms with Gasteiger partial charge >= 0.3 is 0 Å². The Hall–Kier alpha value is -1.34. The number of nitrogens with zero attached hydrogens (tertiary/aromatic N) is 1. The molecule has 1 amide bonds.